The number of ether oxygens (including phenoxy) is 7. The van der Waals surface area contributed by atoms with E-state index in [0.717, 1.165) is 16.7 Å². The van der Waals surface area contributed by atoms with E-state index in [2.05, 4.69) is 6.92 Å². The lowest BCUT2D eigenvalue weighted by molar-refractivity contribution is -0.436. The molecule has 7 rings (SSSR count). The Hall–Kier alpha value is -1.91. The molecule has 3 saturated heterocycles. The number of methoxy groups -OCH3 is 2. The third kappa shape index (κ3) is 2.16. The topological polar surface area (TPSA) is 102 Å². The predicted molar refractivity (Wildman–Crippen MR) is 119 cm³/mol. The van der Waals surface area contributed by atoms with Gasteiger partial charge in [-0.25, -0.2) is 4.79 Å². The van der Waals surface area contributed by atoms with Crippen molar-refractivity contribution in [2.75, 3.05) is 20.8 Å². The van der Waals surface area contributed by atoms with Crippen LogP contribution in [0.1, 0.15) is 67.1 Å². The van der Waals surface area contributed by atoms with E-state index < -0.39 is 34.0 Å². The van der Waals surface area contributed by atoms with Crippen LogP contribution in [0.15, 0.2) is 0 Å². The monoisotopic (exact) mass is 488 g/mol. The molecule has 4 fully saturated rings. The molecule has 9 nitrogen and oxygen atoms in total. The molecule has 1 aliphatic carbocycles. The molecule has 190 valence electrons. The quantitative estimate of drug-likeness (QED) is 0.630. The van der Waals surface area contributed by atoms with Gasteiger partial charge in [0.15, 0.2) is 5.60 Å². The van der Waals surface area contributed by atoms with Crippen molar-refractivity contribution in [1.29, 1.82) is 0 Å². The zero-order chi connectivity index (χ0) is 24.8. The molecule has 6 aliphatic rings. The van der Waals surface area contributed by atoms with Crippen LogP contribution in [0.3, 0.4) is 0 Å². The number of hydrogen-bond acceptors (Lipinski definition) is 9. The van der Waals surface area contributed by atoms with Crippen molar-refractivity contribution in [3.8, 4) is 11.5 Å². The summed E-state index contributed by atoms with van der Waals surface area (Å²) in [6, 6.07) is 0. The minimum atomic E-state index is -1.63. The zero-order valence-electron chi connectivity index (χ0n) is 21.0. The number of benzene rings is 1. The summed E-state index contributed by atoms with van der Waals surface area (Å²) in [7, 11) is 3.15. The normalized spacial score (nSPS) is 48.4. The Morgan fingerprint density at radius 1 is 1.09 bits per heavy atom. The number of hydrogen-bond donors (Lipinski definition) is 1. The molecular formula is C26H32O9. The van der Waals surface area contributed by atoms with Crippen LogP contribution in [-0.4, -0.2) is 60.5 Å². The summed E-state index contributed by atoms with van der Waals surface area (Å²) < 4.78 is 43.1. The van der Waals surface area contributed by atoms with Crippen molar-refractivity contribution in [3.63, 3.8) is 0 Å². The lowest BCUT2D eigenvalue weighted by atomic mass is 9.45. The van der Waals surface area contributed by atoms with Gasteiger partial charge in [0.25, 0.3) is 5.97 Å². The van der Waals surface area contributed by atoms with Crippen LogP contribution in [0.4, 0.5) is 0 Å². The van der Waals surface area contributed by atoms with E-state index in [4.69, 9.17) is 33.2 Å². The van der Waals surface area contributed by atoms with Gasteiger partial charge in [-0.1, -0.05) is 6.92 Å². The van der Waals surface area contributed by atoms with E-state index >= 15 is 0 Å². The Balaban J connectivity index is 1.45. The smallest absolute Gasteiger partial charge is 0.342 e. The first-order valence-electron chi connectivity index (χ1n) is 12.3. The molecule has 0 amide bonds. The van der Waals surface area contributed by atoms with E-state index in [9.17, 15) is 9.90 Å². The molecular weight excluding hydrogens is 456 g/mol. The third-order valence-electron chi connectivity index (χ3n) is 10.1. The van der Waals surface area contributed by atoms with Gasteiger partial charge >= 0.3 is 5.97 Å². The van der Waals surface area contributed by atoms with Crippen LogP contribution in [0.5, 0.6) is 11.5 Å². The summed E-state index contributed by atoms with van der Waals surface area (Å²) in [6.45, 7) is 8.48. The standard InChI is InChI=1S/C26H32O9/c1-13-15-10-31-20(27)17(15)19(29-5)14-9-16-21(2)7-8-25(30-6)34-23(4)12-32-24(28,26(21,23)35-25)11-22(16,3)33-18(13)14/h16,28H,7-12H2,1-6H3/t16-,21+,22-,23+,24-,25-,26-/m0/s1. The Labute approximate surface area is 203 Å². The number of rotatable bonds is 2. The van der Waals surface area contributed by atoms with Crippen molar-refractivity contribution in [2.24, 2.45) is 11.3 Å². The largest absolute Gasteiger partial charge is 0.495 e. The highest BCUT2D eigenvalue weighted by atomic mass is 16.9. The number of fused-ring (bicyclic) bond motifs is 5. The fourth-order valence-corrected chi connectivity index (χ4v) is 8.75. The van der Waals surface area contributed by atoms with E-state index in [1.165, 1.54) is 0 Å². The fourth-order valence-electron chi connectivity index (χ4n) is 8.75. The second kappa shape index (κ2) is 6.14. The number of esters is 1. The van der Waals surface area contributed by atoms with Crippen LogP contribution in [0, 0.1) is 18.3 Å². The molecule has 7 atom stereocenters. The number of carbonyl (C=O) groups excluding carboxylic acids is 1. The van der Waals surface area contributed by atoms with Gasteiger partial charge in [0.1, 0.15) is 34.9 Å². The Morgan fingerprint density at radius 3 is 2.57 bits per heavy atom. The minimum Gasteiger partial charge on any atom is -0.495 e. The second-order valence-corrected chi connectivity index (χ2v) is 11.7. The average Bonchev–Trinajstić information content (AvgIpc) is 3.37. The summed E-state index contributed by atoms with van der Waals surface area (Å²) in [5.74, 6) is -2.09. The van der Waals surface area contributed by atoms with E-state index in [0.29, 0.717) is 36.3 Å². The molecule has 2 bridgehead atoms. The van der Waals surface area contributed by atoms with Crippen LogP contribution < -0.4 is 9.47 Å². The highest BCUT2D eigenvalue weighted by Crippen LogP contribution is 2.75. The van der Waals surface area contributed by atoms with Crippen LogP contribution in [0.2, 0.25) is 0 Å². The van der Waals surface area contributed by atoms with Crippen molar-refractivity contribution >= 4 is 5.97 Å². The molecule has 1 saturated carbocycles. The highest BCUT2D eigenvalue weighted by Gasteiger charge is 2.89. The molecule has 0 aromatic heterocycles. The molecule has 1 spiro atoms. The molecule has 0 unspecified atom stereocenters. The summed E-state index contributed by atoms with van der Waals surface area (Å²) in [5, 5.41) is 12.2. The summed E-state index contributed by atoms with van der Waals surface area (Å²) in [4.78, 5) is 12.6. The van der Waals surface area contributed by atoms with Gasteiger partial charge in [0.05, 0.1) is 13.7 Å². The maximum absolute atomic E-state index is 12.6. The van der Waals surface area contributed by atoms with Crippen LogP contribution in [0.25, 0.3) is 0 Å². The molecule has 5 heterocycles. The second-order valence-electron chi connectivity index (χ2n) is 11.7. The Bertz CT molecular complexity index is 1200. The third-order valence-corrected chi connectivity index (χ3v) is 10.1. The van der Waals surface area contributed by atoms with Crippen molar-refractivity contribution in [1.82, 2.24) is 0 Å². The van der Waals surface area contributed by atoms with Gasteiger partial charge in [0.2, 0.25) is 5.79 Å². The molecule has 0 radical (unpaired) electrons. The number of aliphatic hydroxyl groups is 1. The SMILES string of the molecule is COc1c2c(c(C)c3c1C(=O)OC3)O[C@@]1(C)C[C@]3(O)OC[C@@]4(C)O[C@@]5(OC)CC[C@](C)([C@@H]1C2)[C@]43O5. The van der Waals surface area contributed by atoms with E-state index in [1.807, 2.05) is 20.8 Å². The van der Waals surface area contributed by atoms with Crippen molar-refractivity contribution in [3.05, 3.63) is 22.3 Å². The zero-order valence-corrected chi connectivity index (χ0v) is 21.0. The van der Waals surface area contributed by atoms with Gasteiger partial charge in [-0.3, -0.25) is 0 Å². The maximum Gasteiger partial charge on any atom is 0.342 e. The molecule has 35 heavy (non-hydrogen) atoms. The lowest BCUT2D eigenvalue weighted by Gasteiger charge is -2.66. The Morgan fingerprint density at radius 2 is 1.86 bits per heavy atom. The molecule has 1 aromatic carbocycles. The lowest BCUT2D eigenvalue weighted by Crippen LogP contribution is -2.79. The van der Waals surface area contributed by atoms with Gasteiger partial charge in [0, 0.05) is 42.4 Å². The van der Waals surface area contributed by atoms with Crippen molar-refractivity contribution < 1.29 is 43.1 Å². The number of cyclic esters (lactones) is 1. The predicted octanol–water partition coefficient (Wildman–Crippen LogP) is 2.75. The average molecular weight is 489 g/mol. The van der Waals surface area contributed by atoms with Gasteiger partial charge in [-0.05, 0) is 39.2 Å². The first kappa shape index (κ1) is 22.3. The first-order valence-corrected chi connectivity index (χ1v) is 12.3. The molecule has 5 aliphatic heterocycles. The van der Waals surface area contributed by atoms with E-state index in [-0.39, 0.29) is 31.5 Å². The maximum atomic E-state index is 12.6. The molecule has 1 N–H and O–H groups in total. The van der Waals surface area contributed by atoms with Gasteiger partial charge in [-0.2, -0.15) is 0 Å². The number of carbonyl (C=O) groups is 1. The fraction of sp³-hybridized carbons (Fsp3) is 0.731. The van der Waals surface area contributed by atoms with E-state index in [1.54, 1.807) is 14.2 Å². The molecule has 1 aromatic rings. The minimum absolute atomic E-state index is 0.0934. The summed E-state index contributed by atoms with van der Waals surface area (Å²) in [5.41, 5.74) is -0.424. The first-order chi connectivity index (χ1) is 16.4. The Kier molecular flexibility index (Phi) is 3.91. The summed E-state index contributed by atoms with van der Waals surface area (Å²) >= 11 is 0. The van der Waals surface area contributed by atoms with Crippen LogP contribution >= 0.6 is 0 Å². The van der Waals surface area contributed by atoms with Gasteiger partial charge in [-0.15, -0.1) is 0 Å². The van der Waals surface area contributed by atoms with Crippen LogP contribution in [-0.2, 0) is 36.7 Å². The van der Waals surface area contributed by atoms with Crippen molar-refractivity contribution in [2.45, 2.75) is 88.5 Å². The highest BCUT2D eigenvalue weighted by molar-refractivity contribution is 5.98. The summed E-state index contributed by atoms with van der Waals surface area (Å²) in [6.07, 6.45) is 1.98. The molecule has 9 heteroatoms. The van der Waals surface area contributed by atoms with Gasteiger partial charge < -0.3 is 38.3 Å².